The van der Waals surface area contributed by atoms with Crippen LogP contribution in [0.25, 0.3) is 0 Å². The van der Waals surface area contributed by atoms with Crippen LogP contribution in [0, 0.1) is 6.92 Å². The minimum atomic E-state index is -4.32. The number of hydrogen-bond acceptors (Lipinski definition) is 2. The number of aryl methyl sites for hydroxylation is 2. The van der Waals surface area contributed by atoms with Crippen LogP contribution in [-0.2, 0) is 13.2 Å². The van der Waals surface area contributed by atoms with Crippen LogP contribution in [0.4, 0.5) is 13.2 Å². The number of aromatic nitrogens is 2. The molecule has 21 heavy (non-hydrogen) atoms. The molecule has 0 saturated heterocycles. The molecule has 2 aromatic rings. The molecule has 0 aliphatic carbocycles. The van der Waals surface area contributed by atoms with Gasteiger partial charge in [-0.2, -0.15) is 13.2 Å². The third-order valence-electron chi connectivity index (χ3n) is 3.47. The molecule has 1 heterocycles. The lowest BCUT2D eigenvalue weighted by molar-refractivity contribution is -0.137. The lowest BCUT2D eigenvalue weighted by atomic mass is 9.96. The SMILES string of the molecule is CCNC(c1ccc(C(F)(F)F)cc1C)c1cncn1C. The van der Waals surface area contributed by atoms with Crippen molar-refractivity contribution in [2.75, 3.05) is 6.54 Å². The summed E-state index contributed by atoms with van der Waals surface area (Å²) in [6.07, 6.45) is -0.910. The van der Waals surface area contributed by atoms with Gasteiger partial charge in [-0.25, -0.2) is 4.98 Å². The van der Waals surface area contributed by atoms with Crippen LogP contribution in [0.2, 0.25) is 0 Å². The van der Waals surface area contributed by atoms with Crippen molar-refractivity contribution >= 4 is 0 Å². The van der Waals surface area contributed by atoms with Crippen LogP contribution in [0.5, 0.6) is 0 Å². The van der Waals surface area contributed by atoms with E-state index in [1.54, 1.807) is 25.5 Å². The smallest absolute Gasteiger partial charge is 0.336 e. The van der Waals surface area contributed by atoms with Crippen molar-refractivity contribution in [1.29, 1.82) is 0 Å². The maximum absolute atomic E-state index is 12.8. The third-order valence-corrected chi connectivity index (χ3v) is 3.47. The molecular formula is C15H18F3N3. The summed E-state index contributed by atoms with van der Waals surface area (Å²) in [6, 6.07) is 3.68. The predicted molar refractivity (Wildman–Crippen MR) is 74.9 cm³/mol. The van der Waals surface area contributed by atoms with Crippen LogP contribution in [-0.4, -0.2) is 16.1 Å². The second-order valence-electron chi connectivity index (χ2n) is 4.99. The fourth-order valence-corrected chi connectivity index (χ4v) is 2.40. The summed E-state index contributed by atoms with van der Waals surface area (Å²) in [5.41, 5.74) is 1.73. The summed E-state index contributed by atoms with van der Waals surface area (Å²) >= 11 is 0. The summed E-state index contributed by atoms with van der Waals surface area (Å²) in [6.45, 7) is 4.37. The molecule has 1 atom stereocenters. The van der Waals surface area contributed by atoms with E-state index in [0.717, 1.165) is 17.3 Å². The lowest BCUT2D eigenvalue weighted by Gasteiger charge is -2.21. The van der Waals surface area contributed by atoms with Crippen molar-refractivity contribution in [2.45, 2.75) is 26.1 Å². The number of benzene rings is 1. The van der Waals surface area contributed by atoms with Crippen LogP contribution in [0.15, 0.2) is 30.7 Å². The molecule has 6 heteroatoms. The molecule has 0 saturated carbocycles. The highest BCUT2D eigenvalue weighted by molar-refractivity contribution is 5.38. The first-order valence-electron chi connectivity index (χ1n) is 6.72. The normalized spacial score (nSPS) is 13.4. The summed E-state index contributed by atoms with van der Waals surface area (Å²) in [4.78, 5) is 4.08. The van der Waals surface area contributed by atoms with Crippen molar-refractivity contribution in [3.63, 3.8) is 0 Å². The fraction of sp³-hybridized carbons (Fsp3) is 0.400. The summed E-state index contributed by atoms with van der Waals surface area (Å²) in [5.74, 6) is 0. The van der Waals surface area contributed by atoms with E-state index >= 15 is 0 Å². The Labute approximate surface area is 121 Å². The molecule has 0 radical (unpaired) electrons. The molecule has 1 N–H and O–H groups in total. The Kier molecular flexibility index (Phi) is 4.37. The number of imidazole rings is 1. The molecule has 3 nitrogen and oxygen atoms in total. The molecule has 1 aromatic heterocycles. The van der Waals surface area contributed by atoms with Crippen LogP contribution in [0.3, 0.4) is 0 Å². The van der Waals surface area contributed by atoms with Crippen LogP contribution < -0.4 is 5.32 Å². The molecule has 0 bridgehead atoms. The number of halogens is 3. The molecule has 1 aromatic carbocycles. The zero-order chi connectivity index (χ0) is 15.6. The van der Waals surface area contributed by atoms with Crippen molar-refractivity contribution in [1.82, 2.24) is 14.9 Å². The minimum Gasteiger partial charge on any atom is -0.336 e. The van der Waals surface area contributed by atoms with Crippen molar-refractivity contribution in [2.24, 2.45) is 7.05 Å². The van der Waals surface area contributed by atoms with Gasteiger partial charge in [-0.3, -0.25) is 0 Å². The monoisotopic (exact) mass is 297 g/mol. The number of alkyl halides is 3. The minimum absolute atomic E-state index is 0.176. The lowest BCUT2D eigenvalue weighted by Crippen LogP contribution is -2.25. The summed E-state index contributed by atoms with van der Waals surface area (Å²) < 4.78 is 40.1. The van der Waals surface area contributed by atoms with Gasteiger partial charge in [-0.1, -0.05) is 13.0 Å². The molecule has 0 spiro atoms. The second kappa shape index (κ2) is 5.89. The highest BCUT2D eigenvalue weighted by Crippen LogP contribution is 2.32. The zero-order valence-corrected chi connectivity index (χ0v) is 12.2. The Balaban J connectivity index is 2.45. The van der Waals surface area contributed by atoms with Gasteiger partial charge in [0, 0.05) is 7.05 Å². The highest BCUT2D eigenvalue weighted by Gasteiger charge is 2.31. The van der Waals surface area contributed by atoms with Gasteiger partial charge in [0.1, 0.15) is 0 Å². The first kappa shape index (κ1) is 15.6. The van der Waals surface area contributed by atoms with E-state index < -0.39 is 11.7 Å². The predicted octanol–water partition coefficient (Wildman–Crippen LogP) is 3.45. The van der Waals surface area contributed by atoms with E-state index in [2.05, 4.69) is 10.3 Å². The quantitative estimate of drug-likeness (QED) is 0.937. The highest BCUT2D eigenvalue weighted by atomic mass is 19.4. The number of nitrogens with zero attached hydrogens (tertiary/aromatic N) is 2. The zero-order valence-electron chi connectivity index (χ0n) is 12.2. The van der Waals surface area contributed by atoms with Gasteiger partial charge < -0.3 is 9.88 Å². The largest absolute Gasteiger partial charge is 0.416 e. The van der Waals surface area contributed by atoms with Crippen molar-refractivity contribution < 1.29 is 13.2 Å². The average Bonchev–Trinajstić information content (AvgIpc) is 2.81. The summed E-state index contributed by atoms with van der Waals surface area (Å²) in [5, 5.41) is 3.30. The van der Waals surface area contributed by atoms with Crippen LogP contribution >= 0.6 is 0 Å². The Bertz CT molecular complexity index is 617. The van der Waals surface area contributed by atoms with Crippen molar-refractivity contribution in [3.8, 4) is 0 Å². The average molecular weight is 297 g/mol. The molecule has 0 aliphatic rings. The molecule has 1 unspecified atom stereocenters. The number of hydrogen-bond donors (Lipinski definition) is 1. The molecule has 2 rings (SSSR count). The second-order valence-corrected chi connectivity index (χ2v) is 4.99. The molecule has 0 fully saturated rings. The maximum atomic E-state index is 12.8. The van der Waals surface area contributed by atoms with E-state index in [-0.39, 0.29) is 6.04 Å². The first-order valence-corrected chi connectivity index (χ1v) is 6.72. The van der Waals surface area contributed by atoms with Gasteiger partial charge >= 0.3 is 6.18 Å². The first-order chi connectivity index (χ1) is 9.84. The Morgan fingerprint density at radius 3 is 2.52 bits per heavy atom. The van der Waals surface area contributed by atoms with Gasteiger partial charge in [0.2, 0.25) is 0 Å². The Morgan fingerprint density at radius 2 is 2.05 bits per heavy atom. The molecule has 0 aliphatic heterocycles. The van der Waals surface area contributed by atoms with Crippen LogP contribution in [0.1, 0.15) is 35.3 Å². The van der Waals surface area contributed by atoms with E-state index in [1.165, 1.54) is 6.07 Å². The van der Waals surface area contributed by atoms with Gasteiger partial charge in [-0.15, -0.1) is 0 Å². The number of nitrogens with one attached hydrogen (secondary N) is 1. The number of rotatable bonds is 4. The van der Waals surface area contributed by atoms with Gasteiger partial charge in [0.05, 0.1) is 29.8 Å². The fourth-order valence-electron chi connectivity index (χ4n) is 2.40. The molecular weight excluding hydrogens is 279 g/mol. The molecule has 114 valence electrons. The Morgan fingerprint density at radius 1 is 1.33 bits per heavy atom. The van der Waals surface area contributed by atoms with E-state index in [1.807, 2.05) is 18.5 Å². The standard InChI is InChI=1S/C15H18F3N3/c1-4-20-14(13-8-19-9-21(13)3)12-6-5-11(7-10(12)2)15(16,17)18/h5-9,14,20H,4H2,1-3H3. The van der Waals surface area contributed by atoms with E-state index in [0.29, 0.717) is 12.1 Å². The van der Waals surface area contributed by atoms with Gasteiger partial charge in [-0.05, 0) is 36.7 Å². The summed E-state index contributed by atoms with van der Waals surface area (Å²) in [7, 11) is 1.87. The Hall–Kier alpha value is -1.82. The topological polar surface area (TPSA) is 29.9 Å². The van der Waals surface area contributed by atoms with E-state index in [9.17, 15) is 13.2 Å². The van der Waals surface area contributed by atoms with Gasteiger partial charge in [0.25, 0.3) is 0 Å². The van der Waals surface area contributed by atoms with E-state index in [4.69, 9.17) is 0 Å². The molecule has 0 amide bonds. The van der Waals surface area contributed by atoms with Gasteiger partial charge in [0.15, 0.2) is 0 Å². The van der Waals surface area contributed by atoms with Crippen molar-refractivity contribution in [3.05, 3.63) is 53.1 Å². The third kappa shape index (κ3) is 3.26. The maximum Gasteiger partial charge on any atom is 0.416 e.